The molecule has 10 heteroatoms. The Morgan fingerprint density at radius 3 is 2.58 bits per heavy atom. The number of alkyl halides is 1. The van der Waals surface area contributed by atoms with Crippen LogP contribution < -0.4 is 11.1 Å². The molecule has 0 bridgehead atoms. The number of allylic oxidation sites excluding steroid dienone is 1. The Balaban J connectivity index is 2.36. The molecule has 1 aromatic rings. The Kier molecular flexibility index (Phi) is 4.46. The van der Waals surface area contributed by atoms with Crippen LogP contribution in [-0.2, 0) is 10.1 Å². The number of halogens is 2. The molecule has 130 valence electrons. The average Bonchev–Trinajstić information content (AvgIpc) is 2.41. The molecule has 1 aliphatic heterocycles. The van der Waals surface area contributed by atoms with Crippen molar-refractivity contribution in [2.24, 2.45) is 9.98 Å². The summed E-state index contributed by atoms with van der Waals surface area (Å²) in [6.45, 7) is 2.59. The first kappa shape index (κ1) is 18.0. The zero-order valence-electron chi connectivity index (χ0n) is 12.9. The molecule has 0 saturated heterocycles. The van der Waals surface area contributed by atoms with Crippen LogP contribution in [0.5, 0.6) is 0 Å². The molecule has 2 atom stereocenters. The van der Waals surface area contributed by atoms with E-state index in [9.17, 15) is 17.2 Å². The molecule has 1 heterocycles. The number of nitrogen functional groups attached to an aromatic ring is 1. The molecular formula is C14H16F2N4O3S. The van der Waals surface area contributed by atoms with Crippen molar-refractivity contribution in [3.8, 4) is 0 Å². The molecule has 1 aromatic carbocycles. The Bertz CT molecular complexity index is 850. The Morgan fingerprint density at radius 2 is 2.00 bits per heavy atom. The van der Waals surface area contributed by atoms with Gasteiger partial charge in [-0.2, -0.15) is 12.8 Å². The van der Waals surface area contributed by atoms with Crippen molar-refractivity contribution >= 4 is 33.7 Å². The van der Waals surface area contributed by atoms with E-state index in [0.29, 0.717) is 5.69 Å². The molecule has 1 aliphatic rings. The predicted molar refractivity (Wildman–Crippen MR) is 88.4 cm³/mol. The van der Waals surface area contributed by atoms with Crippen LogP contribution in [0.4, 0.5) is 20.2 Å². The van der Waals surface area contributed by atoms with Gasteiger partial charge in [-0.1, -0.05) is 0 Å². The molecule has 4 N–H and O–H groups in total. The second-order valence-electron chi connectivity index (χ2n) is 5.55. The van der Waals surface area contributed by atoms with Gasteiger partial charge in [-0.3, -0.25) is 9.55 Å². The Hall–Kier alpha value is -2.33. The fourth-order valence-corrected chi connectivity index (χ4v) is 2.63. The van der Waals surface area contributed by atoms with Gasteiger partial charge in [0.2, 0.25) is 11.8 Å². The van der Waals surface area contributed by atoms with Crippen LogP contribution in [0.3, 0.4) is 0 Å². The third-order valence-corrected chi connectivity index (χ3v) is 4.05. The monoisotopic (exact) mass is 358 g/mol. The first-order chi connectivity index (χ1) is 10.9. The molecular weight excluding hydrogens is 342 g/mol. The van der Waals surface area contributed by atoms with E-state index in [4.69, 9.17) is 10.3 Å². The van der Waals surface area contributed by atoms with E-state index in [1.807, 2.05) is 0 Å². The molecule has 0 radical (unpaired) electrons. The molecule has 0 aliphatic carbocycles. The average molecular weight is 358 g/mol. The van der Waals surface area contributed by atoms with E-state index < -0.39 is 32.4 Å². The summed E-state index contributed by atoms with van der Waals surface area (Å²) in [5.74, 6) is -3.30. The summed E-state index contributed by atoms with van der Waals surface area (Å²) in [4.78, 5) is 6.78. The number of aliphatic imine (C=N–C) groups is 2. The molecule has 2 rings (SSSR count). The second kappa shape index (κ2) is 5.95. The SMILES string of the molecule is CC1(F)C=NC(C)(Nc2ccc(S(=O)(=O)O)c(N)c2)C=CC(F)=N1. The smallest absolute Gasteiger partial charge is 0.296 e. The highest BCUT2D eigenvalue weighted by molar-refractivity contribution is 7.86. The van der Waals surface area contributed by atoms with Gasteiger partial charge in [0.05, 0.1) is 11.9 Å². The molecule has 7 nitrogen and oxygen atoms in total. The van der Waals surface area contributed by atoms with Crippen LogP contribution in [-0.4, -0.2) is 36.6 Å². The molecule has 0 saturated carbocycles. The van der Waals surface area contributed by atoms with Crippen molar-refractivity contribution in [1.82, 2.24) is 0 Å². The summed E-state index contributed by atoms with van der Waals surface area (Å²) in [6, 6.07) is 3.70. The lowest BCUT2D eigenvalue weighted by atomic mass is 10.1. The number of nitrogens with zero attached hydrogens (tertiary/aromatic N) is 2. The molecule has 0 fully saturated rings. The normalized spacial score (nSPS) is 27.3. The van der Waals surface area contributed by atoms with Crippen molar-refractivity contribution in [3.05, 3.63) is 30.4 Å². The lowest BCUT2D eigenvalue weighted by Crippen LogP contribution is -2.33. The van der Waals surface area contributed by atoms with Crippen molar-refractivity contribution in [2.75, 3.05) is 11.1 Å². The van der Waals surface area contributed by atoms with Crippen LogP contribution in [0.2, 0.25) is 0 Å². The number of rotatable bonds is 3. The molecule has 0 aromatic heterocycles. The van der Waals surface area contributed by atoms with Gasteiger partial charge in [-0.15, -0.1) is 0 Å². The lowest BCUT2D eigenvalue weighted by molar-refractivity contribution is 0.301. The second-order valence-corrected chi connectivity index (χ2v) is 6.94. The minimum atomic E-state index is -4.44. The minimum Gasteiger partial charge on any atom is -0.398 e. The highest BCUT2D eigenvalue weighted by atomic mass is 32.2. The first-order valence-corrected chi connectivity index (χ1v) is 8.19. The predicted octanol–water partition coefficient (Wildman–Crippen LogP) is 2.34. The number of hydrogen-bond acceptors (Lipinski definition) is 6. The van der Waals surface area contributed by atoms with Crippen molar-refractivity contribution in [1.29, 1.82) is 0 Å². The van der Waals surface area contributed by atoms with Gasteiger partial charge in [0.15, 0.2) is 0 Å². The zero-order valence-corrected chi connectivity index (χ0v) is 13.7. The topological polar surface area (TPSA) is 117 Å². The fraction of sp³-hybridized carbons (Fsp3) is 0.286. The summed E-state index contributed by atoms with van der Waals surface area (Å²) >= 11 is 0. The number of nitrogens with two attached hydrogens (primary N) is 1. The van der Waals surface area contributed by atoms with E-state index in [2.05, 4.69) is 15.3 Å². The number of nitrogens with one attached hydrogen (secondary N) is 1. The van der Waals surface area contributed by atoms with Gasteiger partial charge in [0, 0.05) is 5.69 Å². The molecule has 2 unspecified atom stereocenters. The van der Waals surface area contributed by atoms with E-state index in [0.717, 1.165) is 25.3 Å². The lowest BCUT2D eigenvalue weighted by Gasteiger charge is -2.26. The fourth-order valence-electron chi connectivity index (χ4n) is 2.03. The number of anilines is 2. The molecule has 24 heavy (non-hydrogen) atoms. The van der Waals surface area contributed by atoms with Gasteiger partial charge in [-0.25, -0.2) is 9.38 Å². The third kappa shape index (κ3) is 4.36. The van der Waals surface area contributed by atoms with Crippen LogP contribution in [0.25, 0.3) is 0 Å². The summed E-state index contributed by atoms with van der Waals surface area (Å²) < 4.78 is 58.7. The van der Waals surface area contributed by atoms with E-state index >= 15 is 0 Å². The minimum absolute atomic E-state index is 0.187. The highest BCUT2D eigenvalue weighted by Gasteiger charge is 2.27. The quantitative estimate of drug-likeness (QED) is 0.435. The zero-order chi connectivity index (χ0) is 18.2. The van der Waals surface area contributed by atoms with Gasteiger partial charge in [0.1, 0.15) is 10.6 Å². The van der Waals surface area contributed by atoms with Crippen molar-refractivity contribution in [2.45, 2.75) is 30.2 Å². The maximum Gasteiger partial charge on any atom is 0.296 e. The largest absolute Gasteiger partial charge is 0.398 e. The number of benzene rings is 1. The van der Waals surface area contributed by atoms with Crippen LogP contribution in [0, 0.1) is 0 Å². The van der Waals surface area contributed by atoms with E-state index in [1.54, 1.807) is 6.92 Å². The molecule has 0 spiro atoms. The standard InChI is InChI=1S/C14H16F2N4O3S/c1-13(16)8-18-14(2,6-5-12(15)20-13)19-9-3-4-11(10(17)7-9)24(21,22)23/h3-8,19H,17H2,1-2H3,(H,21,22,23). The summed E-state index contributed by atoms with van der Waals surface area (Å²) in [5, 5.41) is 2.87. The van der Waals surface area contributed by atoms with Crippen molar-refractivity contribution in [3.63, 3.8) is 0 Å². The maximum atomic E-state index is 13.9. The highest BCUT2D eigenvalue weighted by Crippen LogP contribution is 2.26. The van der Waals surface area contributed by atoms with Crippen LogP contribution in [0.15, 0.2) is 45.2 Å². The van der Waals surface area contributed by atoms with Gasteiger partial charge in [-0.05, 0) is 44.2 Å². The van der Waals surface area contributed by atoms with Gasteiger partial charge < -0.3 is 11.1 Å². The van der Waals surface area contributed by atoms with E-state index in [1.165, 1.54) is 18.2 Å². The van der Waals surface area contributed by atoms with E-state index in [-0.39, 0.29) is 5.69 Å². The summed E-state index contributed by atoms with van der Waals surface area (Å²) in [5.41, 5.74) is 4.52. The van der Waals surface area contributed by atoms with Crippen LogP contribution >= 0.6 is 0 Å². The molecule has 0 amide bonds. The Labute approximate surface area is 137 Å². The van der Waals surface area contributed by atoms with Gasteiger partial charge >= 0.3 is 0 Å². The first-order valence-electron chi connectivity index (χ1n) is 6.75. The number of hydrogen-bond donors (Lipinski definition) is 3. The Morgan fingerprint density at radius 1 is 1.33 bits per heavy atom. The van der Waals surface area contributed by atoms with Gasteiger partial charge in [0.25, 0.3) is 10.1 Å². The third-order valence-electron chi connectivity index (χ3n) is 3.12. The van der Waals surface area contributed by atoms with Crippen LogP contribution in [0.1, 0.15) is 13.8 Å². The summed E-state index contributed by atoms with van der Waals surface area (Å²) in [7, 11) is -4.44. The maximum absolute atomic E-state index is 13.9. The van der Waals surface area contributed by atoms with Crippen molar-refractivity contribution < 1.29 is 21.8 Å². The summed E-state index contributed by atoms with van der Waals surface area (Å²) in [6.07, 6.45) is 3.15.